The van der Waals surface area contributed by atoms with Gasteiger partial charge in [0, 0.05) is 31.3 Å². The molecule has 0 radical (unpaired) electrons. The number of aromatic nitrogens is 2. The molecule has 1 aliphatic rings. The van der Waals surface area contributed by atoms with Gasteiger partial charge in [-0.15, -0.1) is 0 Å². The number of H-pyrrole nitrogens is 1. The monoisotopic (exact) mass is 288 g/mol. The van der Waals surface area contributed by atoms with Crippen LogP contribution in [0.3, 0.4) is 0 Å². The summed E-state index contributed by atoms with van der Waals surface area (Å²) in [6, 6.07) is 5.41. The van der Waals surface area contributed by atoms with E-state index in [0.29, 0.717) is 23.8 Å². The SMILES string of the molecule is CN(CC1CCCOC1)C(=O)c1n[nH]c2ccc(N)cc12. The van der Waals surface area contributed by atoms with Gasteiger partial charge in [-0.2, -0.15) is 5.10 Å². The number of fused-ring (bicyclic) bond motifs is 1. The van der Waals surface area contributed by atoms with Crippen LogP contribution in [0.25, 0.3) is 10.9 Å². The topological polar surface area (TPSA) is 84.2 Å². The molecule has 0 bridgehead atoms. The van der Waals surface area contributed by atoms with Crippen molar-refractivity contribution in [3.8, 4) is 0 Å². The Morgan fingerprint density at radius 1 is 1.57 bits per heavy atom. The highest BCUT2D eigenvalue weighted by molar-refractivity contribution is 6.05. The predicted octanol–water partition coefficient (Wildman–Crippen LogP) is 1.64. The van der Waals surface area contributed by atoms with E-state index >= 15 is 0 Å². The van der Waals surface area contributed by atoms with Crippen LogP contribution in [-0.4, -0.2) is 47.8 Å². The van der Waals surface area contributed by atoms with Crippen molar-refractivity contribution in [2.75, 3.05) is 32.5 Å². The van der Waals surface area contributed by atoms with Gasteiger partial charge in [-0.25, -0.2) is 0 Å². The molecule has 1 aromatic carbocycles. The quantitative estimate of drug-likeness (QED) is 0.841. The first-order chi connectivity index (χ1) is 10.1. The number of aromatic amines is 1. The summed E-state index contributed by atoms with van der Waals surface area (Å²) in [5.41, 5.74) is 7.67. The highest BCUT2D eigenvalue weighted by atomic mass is 16.5. The van der Waals surface area contributed by atoms with E-state index in [1.54, 1.807) is 17.0 Å². The minimum atomic E-state index is -0.0857. The molecule has 1 aliphatic heterocycles. The molecule has 6 heteroatoms. The number of nitrogens with one attached hydrogen (secondary N) is 1. The summed E-state index contributed by atoms with van der Waals surface area (Å²) in [7, 11) is 1.81. The number of nitrogens with zero attached hydrogens (tertiary/aromatic N) is 2. The third-order valence-electron chi connectivity index (χ3n) is 3.92. The van der Waals surface area contributed by atoms with Crippen LogP contribution in [0.5, 0.6) is 0 Å². The van der Waals surface area contributed by atoms with Crippen molar-refractivity contribution in [1.82, 2.24) is 15.1 Å². The molecular formula is C15H20N4O2. The normalized spacial score (nSPS) is 18.8. The number of ether oxygens (including phenoxy) is 1. The number of anilines is 1. The number of carbonyl (C=O) groups excluding carboxylic acids is 1. The first-order valence-corrected chi connectivity index (χ1v) is 7.22. The van der Waals surface area contributed by atoms with Gasteiger partial charge >= 0.3 is 0 Å². The van der Waals surface area contributed by atoms with E-state index in [9.17, 15) is 4.79 Å². The summed E-state index contributed by atoms with van der Waals surface area (Å²) in [6.45, 7) is 2.25. The van der Waals surface area contributed by atoms with Gasteiger partial charge in [0.2, 0.25) is 0 Å². The van der Waals surface area contributed by atoms with Gasteiger partial charge in [0.15, 0.2) is 5.69 Å². The average molecular weight is 288 g/mol. The maximum atomic E-state index is 12.6. The van der Waals surface area contributed by atoms with Gasteiger partial charge in [0.1, 0.15) is 0 Å². The highest BCUT2D eigenvalue weighted by Gasteiger charge is 2.22. The van der Waals surface area contributed by atoms with Crippen LogP contribution in [0.2, 0.25) is 0 Å². The van der Waals surface area contributed by atoms with E-state index in [1.165, 1.54) is 0 Å². The van der Waals surface area contributed by atoms with Crippen LogP contribution in [0, 0.1) is 5.92 Å². The number of amides is 1. The van der Waals surface area contributed by atoms with E-state index in [-0.39, 0.29) is 5.91 Å². The van der Waals surface area contributed by atoms with Crippen LogP contribution in [0.4, 0.5) is 5.69 Å². The maximum absolute atomic E-state index is 12.6. The van der Waals surface area contributed by atoms with Crippen LogP contribution in [0.1, 0.15) is 23.3 Å². The molecule has 21 heavy (non-hydrogen) atoms. The second-order valence-corrected chi connectivity index (χ2v) is 5.65. The van der Waals surface area contributed by atoms with Crippen molar-refractivity contribution < 1.29 is 9.53 Å². The fourth-order valence-electron chi connectivity index (χ4n) is 2.80. The van der Waals surface area contributed by atoms with Crippen molar-refractivity contribution in [2.45, 2.75) is 12.8 Å². The standard InChI is InChI=1S/C15H20N4O2/c1-19(8-10-3-2-6-21-9-10)15(20)14-12-7-11(16)4-5-13(12)17-18-14/h4-5,7,10H,2-3,6,8-9,16H2,1H3,(H,17,18). The van der Waals surface area contributed by atoms with Crippen molar-refractivity contribution in [2.24, 2.45) is 5.92 Å². The lowest BCUT2D eigenvalue weighted by Crippen LogP contribution is -2.35. The molecule has 1 saturated heterocycles. The zero-order chi connectivity index (χ0) is 14.8. The molecule has 3 rings (SSSR count). The molecule has 2 aromatic rings. The third-order valence-corrected chi connectivity index (χ3v) is 3.92. The molecule has 1 fully saturated rings. The van der Waals surface area contributed by atoms with E-state index in [0.717, 1.165) is 37.0 Å². The Morgan fingerprint density at radius 2 is 2.43 bits per heavy atom. The molecule has 0 spiro atoms. The minimum absolute atomic E-state index is 0.0857. The Bertz CT molecular complexity index is 646. The first kappa shape index (κ1) is 13.9. The zero-order valence-electron chi connectivity index (χ0n) is 12.1. The van der Waals surface area contributed by atoms with Gasteiger partial charge in [-0.1, -0.05) is 0 Å². The molecule has 112 valence electrons. The molecular weight excluding hydrogens is 268 g/mol. The molecule has 3 N–H and O–H groups in total. The number of nitrogen functional groups attached to an aromatic ring is 1. The molecule has 0 aliphatic carbocycles. The lowest BCUT2D eigenvalue weighted by molar-refractivity contribution is 0.0387. The summed E-state index contributed by atoms with van der Waals surface area (Å²) < 4.78 is 5.46. The lowest BCUT2D eigenvalue weighted by atomic mass is 10.0. The fourth-order valence-corrected chi connectivity index (χ4v) is 2.80. The first-order valence-electron chi connectivity index (χ1n) is 7.22. The van der Waals surface area contributed by atoms with Gasteiger partial charge in [-0.05, 0) is 37.0 Å². The summed E-state index contributed by atoms with van der Waals surface area (Å²) in [4.78, 5) is 14.3. The molecule has 1 unspecified atom stereocenters. The number of rotatable bonds is 3. The summed E-state index contributed by atoms with van der Waals surface area (Å²) in [5, 5.41) is 7.79. The van der Waals surface area contributed by atoms with Gasteiger partial charge < -0.3 is 15.4 Å². The second-order valence-electron chi connectivity index (χ2n) is 5.65. The van der Waals surface area contributed by atoms with Crippen molar-refractivity contribution in [1.29, 1.82) is 0 Å². The summed E-state index contributed by atoms with van der Waals surface area (Å²) >= 11 is 0. The minimum Gasteiger partial charge on any atom is -0.399 e. The smallest absolute Gasteiger partial charge is 0.274 e. The number of carbonyl (C=O) groups is 1. The maximum Gasteiger partial charge on any atom is 0.274 e. The number of hydrogen-bond acceptors (Lipinski definition) is 4. The Morgan fingerprint density at radius 3 is 3.19 bits per heavy atom. The van der Waals surface area contributed by atoms with Gasteiger partial charge in [0.25, 0.3) is 5.91 Å². The lowest BCUT2D eigenvalue weighted by Gasteiger charge is -2.26. The molecule has 2 heterocycles. The zero-order valence-corrected chi connectivity index (χ0v) is 12.1. The Kier molecular flexibility index (Phi) is 3.79. The number of benzene rings is 1. The van der Waals surface area contributed by atoms with Crippen LogP contribution >= 0.6 is 0 Å². The van der Waals surface area contributed by atoms with E-state index in [4.69, 9.17) is 10.5 Å². The van der Waals surface area contributed by atoms with E-state index in [1.807, 2.05) is 13.1 Å². The van der Waals surface area contributed by atoms with Gasteiger partial charge in [0.05, 0.1) is 12.1 Å². The van der Waals surface area contributed by atoms with Crippen LogP contribution in [-0.2, 0) is 4.74 Å². The number of hydrogen-bond donors (Lipinski definition) is 2. The summed E-state index contributed by atoms with van der Waals surface area (Å²) in [6.07, 6.45) is 2.17. The van der Waals surface area contributed by atoms with Crippen molar-refractivity contribution in [3.05, 3.63) is 23.9 Å². The van der Waals surface area contributed by atoms with Crippen molar-refractivity contribution in [3.63, 3.8) is 0 Å². The average Bonchev–Trinajstić information content (AvgIpc) is 2.90. The predicted molar refractivity (Wildman–Crippen MR) is 81.0 cm³/mol. The number of nitrogens with two attached hydrogens (primary N) is 1. The molecule has 1 atom stereocenters. The molecule has 6 nitrogen and oxygen atoms in total. The largest absolute Gasteiger partial charge is 0.399 e. The van der Waals surface area contributed by atoms with E-state index < -0.39 is 0 Å². The Hall–Kier alpha value is -2.08. The Labute approximate surface area is 123 Å². The van der Waals surface area contributed by atoms with Crippen molar-refractivity contribution >= 4 is 22.5 Å². The fraction of sp³-hybridized carbons (Fsp3) is 0.467. The van der Waals surface area contributed by atoms with Crippen LogP contribution < -0.4 is 5.73 Å². The Balaban J connectivity index is 1.77. The third kappa shape index (κ3) is 2.85. The molecule has 0 saturated carbocycles. The summed E-state index contributed by atoms with van der Waals surface area (Å²) in [5.74, 6) is 0.320. The molecule has 1 aromatic heterocycles. The van der Waals surface area contributed by atoms with Crippen LogP contribution in [0.15, 0.2) is 18.2 Å². The molecule has 1 amide bonds. The second kappa shape index (κ2) is 5.73. The highest BCUT2D eigenvalue weighted by Crippen LogP contribution is 2.21. The van der Waals surface area contributed by atoms with E-state index in [2.05, 4.69) is 10.2 Å². The van der Waals surface area contributed by atoms with Gasteiger partial charge in [-0.3, -0.25) is 9.89 Å².